The van der Waals surface area contributed by atoms with Gasteiger partial charge < -0.3 is 15.3 Å². The van der Waals surface area contributed by atoms with Gasteiger partial charge in [0.2, 0.25) is 0 Å². The number of aliphatic hydroxyl groups excluding tert-OH is 3. The largest absolute Gasteiger partial charge is 0.396 e. The summed E-state index contributed by atoms with van der Waals surface area (Å²) in [7, 11) is 0. The quantitative estimate of drug-likeness (QED) is 0.686. The minimum atomic E-state index is 0. The van der Waals surface area contributed by atoms with Crippen LogP contribution >= 0.6 is 0 Å². The zero-order valence-electron chi connectivity index (χ0n) is 11.7. The monoisotopic (exact) mass is 270 g/mol. The van der Waals surface area contributed by atoms with Crippen LogP contribution in [0, 0.1) is 17.8 Å². The Morgan fingerprint density at radius 2 is 0.625 bits per heavy atom. The molecule has 0 aromatic carbocycles. The van der Waals surface area contributed by atoms with Gasteiger partial charge in [0.05, 0.1) is 0 Å². The van der Waals surface area contributed by atoms with Crippen LogP contribution in [0.4, 0.5) is 0 Å². The van der Waals surface area contributed by atoms with Gasteiger partial charge in [0.15, 0.2) is 0 Å². The molecule has 0 atom stereocenters. The smallest absolute Gasteiger partial charge is 0.0453 e. The van der Waals surface area contributed by atoms with Crippen molar-refractivity contribution in [1.29, 1.82) is 0 Å². The van der Waals surface area contributed by atoms with E-state index in [9.17, 15) is 0 Å². The topological polar surface area (TPSA) is 60.7 Å². The second-order valence-electron chi connectivity index (χ2n) is 4.73. The molecule has 0 aliphatic carbocycles. The summed E-state index contributed by atoms with van der Waals surface area (Å²) in [5.74, 6) is 1.32. The van der Waals surface area contributed by atoms with Crippen LogP contribution in [-0.4, -0.2) is 35.1 Å². The Morgan fingerprint density at radius 3 is 0.625 bits per heavy atom. The van der Waals surface area contributed by atoms with Gasteiger partial charge in [-0.3, -0.25) is 0 Å². The fraction of sp³-hybridized carbons (Fsp3) is 1.00. The van der Waals surface area contributed by atoms with Gasteiger partial charge in [-0.1, -0.05) is 41.5 Å². The van der Waals surface area contributed by atoms with Crippen molar-refractivity contribution in [2.45, 2.75) is 41.5 Å². The first-order valence-electron chi connectivity index (χ1n) is 5.64. The van der Waals surface area contributed by atoms with E-state index in [0.29, 0.717) is 37.6 Å². The fourth-order valence-electron chi connectivity index (χ4n) is 0. The van der Waals surface area contributed by atoms with Crippen LogP contribution in [0.25, 0.3) is 0 Å². The summed E-state index contributed by atoms with van der Waals surface area (Å²) in [6.45, 7) is 12.7. The first kappa shape index (κ1) is 25.4. The molecule has 0 saturated carbocycles. The summed E-state index contributed by atoms with van der Waals surface area (Å²) in [4.78, 5) is 0. The van der Waals surface area contributed by atoms with Crippen LogP contribution in [0.2, 0.25) is 0 Å². The zero-order chi connectivity index (χ0) is 12.9. The first-order chi connectivity index (χ1) is 6.81. The number of rotatable bonds is 3. The molecule has 0 unspecified atom stereocenters. The van der Waals surface area contributed by atoms with Crippen molar-refractivity contribution < 1.29 is 37.0 Å². The molecular formula is C12H30O3Ti. The third-order valence-electron chi connectivity index (χ3n) is 1.10. The summed E-state index contributed by atoms with van der Waals surface area (Å²) >= 11 is 0. The third kappa shape index (κ3) is 62.0. The molecule has 0 bridgehead atoms. The van der Waals surface area contributed by atoms with E-state index < -0.39 is 0 Å². The molecule has 3 N–H and O–H groups in total. The Balaban J connectivity index is -0.0000000655. The maximum absolute atomic E-state index is 8.14. The molecule has 0 aromatic heterocycles. The molecule has 0 saturated heterocycles. The van der Waals surface area contributed by atoms with Gasteiger partial charge in [0.25, 0.3) is 0 Å². The maximum Gasteiger partial charge on any atom is 0.0453 e. The molecule has 0 spiro atoms. The maximum atomic E-state index is 8.14. The summed E-state index contributed by atoms with van der Waals surface area (Å²) in [5, 5.41) is 24.4. The molecular weight excluding hydrogens is 240 g/mol. The van der Waals surface area contributed by atoms with Crippen molar-refractivity contribution in [2.24, 2.45) is 17.8 Å². The molecule has 0 aromatic rings. The molecule has 0 aliphatic rings. The fourth-order valence-corrected chi connectivity index (χ4v) is 0. The normalized spacial score (nSPS) is 9.00. The minimum Gasteiger partial charge on any atom is -0.396 e. The van der Waals surface area contributed by atoms with Crippen molar-refractivity contribution in [3.05, 3.63) is 0 Å². The van der Waals surface area contributed by atoms with Gasteiger partial charge in [-0.25, -0.2) is 0 Å². The van der Waals surface area contributed by atoms with Gasteiger partial charge in [-0.15, -0.1) is 0 Å². The predicted molar refractivity (Wildman–Crippen MR) is 65.8 cm³/mol. The number of hydrogen-bond donors (Lipinski definition) is 3. The Morgan fingerprint density at radius 1 is 0.562 bits per heavy atom. The average molecular weight is 270 g/mol. The molecule has 0 fully saturated rings. The van der Waals surface area contributed by atoms with Gasteiger partial charge in [0, 0.05) is 41.5 Å². The Hall–Kier alpha value is 0.594. The van der Waals surface area contributed by atoms with E-state index in [-0.39, 0.29) is 21.7 Å². The summed E-state index contributed by atoms with van der Waals surface area (Å²) in [6, 6.07) is 0. The Bertz CT molecular complexity index is 77.2. The van der Waals surface area contributed by atoms with Gasteiger partial charge in [-0.05, 0) is 17.8 Å². The SMILES string of the molecule is CC(C)CO.CC(C)CO.CC(C)CO.[Ti]. The summed E-state index contributed by atoms with van der Waals surface area (Å²) in [6.07, 6.45) is 0. The van der Waals surface area contributed by atoms with Crippen molar-refractivity contribution in [3.8, 4) is 0 Å². The average Bonchev–Trinajstić information content (AvgIpc) is 2.19. The first-order valence-corrected chi connectivity index (χ1v) is 5.64. The molecule has 0 rings (SSSR count). The van der Waals surface area contributed by atoms with Crippen molar-refractivity contribution in [1.82, 2.24) is 0 Å². The van der Waals surface area contributed by atoms with Crippen LogP contribution in [-0.2, 0) is 21.7 Å². The predicted octanol–water partition coefficient (Wildman–Crippen LogP) is 1.90. The Kier molecular flexibility index (Phi) is 33.3. The van der Waals surface area contributed by atoms with Crippen LogP contribution < -0.4 is 0 Å². The van der Waals surface area contributed by atoms with Crippen molar-refractivity contribution >= 4 is 0 Å². The van der Waals surface area contributed by atoms with E-state index in [2.05, 4.69) is 0 Å². The van der Waals surface area contributed by atoms with E-state index in [1.165, 1.54) is 0 Å². The second kappa shape index (κ2) is 20.9. The number of hydrogen-bond acceptors (Lipinski definition) is 3. The van der Waals surface area contributed by atoms with Crippen LogP contribution in [0.3, 0.4) is 0 Å². The molecule has 3 nitrogen and oxygen atoms in total. The second-order valence-corrected chi connectivity index (χ2v) is 4.73. The van der Waals surface area contributed by atoms with Crippen molar-refractivity contribution in [3.63, 3.8) is 0 Å². The number of aliphatic hydroxyl groups is 3. The molecule has 16 heavy (non-hydrogen) atoms. The molecule has 0 amide bonds. The summed E-state index contributed by atoms with van der Waals surface area (Å²) < 4.78 is 0. The van der Waals surface area contributed by atoms with Gasteiger partial charge in [0.1, 0.15) is 0 Å². The molecule has 4 heteroatoms. The Labute approximate surface area is 116 Å². The minimum absolute atomic E-state index is 0. The van der Waals surface area contributed by atoms with Crippen LogP contribution in [0.1, 0.15) is 41.5 Å². The van der Waals surface area contributed by atoms with Crippen LogP contribution in [0.5, 0.6) is 0 Å². The zero-order valence-corrected chi connectivity index (χ0v) is 13.3. The van der Waals surface area contributed by atoms with E-state index >= 15 is 0 Å². The molecule has 0 heterocycles. The van der Waals surface area contributed by atoms with Crippen molar-refractivity contribution in [2.75, 3.05) is 19.8 Å². The summed E-state index contributed by atoms with van der Waals surface area (Å²) in [5.41, 5.74) is 0. The van der Waals surface area contributed by atoms with Gasteiger partial charge in [-0.2, -0.15) is 0 Å². The molecule has 100 valence electrons. The van der Waals surface area contributed by atoms with E-state index in [0.717, 1.165) is 0 Å². The van der Waals surface area contributed by atoms with Gasteiger partial charge >= 0.3 is 0 Å². The molecule has 0 radical (unpaired) electrons. The van der Waals surface area contributed by atoms with Crippen LogP contribution in [0.15, 0.2) is 0 Å². The van der Waals surface area contributed by atoms with E-state index in [4.69, 9.17) is 15.3 Å². The molecule has 0 aliphatic heterocycles. The van der Waals surface area contributed by atoms with E-state index in [1.807, 2.05) is 41.5 Å². The standard InChI is InChI=1S/3C4H10O.Ti/c3*1-4(2)3-5;/h3*4-5H,3H2,1-2H3;. The third-order valence-corrected chi connectivity index (χ3v) is 1.10. The van der Waals surface area contributed by atoms with E-state index in [1.54, 1.807) is 0 Å².